The Balaban J connectivity index is 1.85. The summed E-state index contributed by atoms with van der Waals surface area (Å²) in [5.41, 5.74) is 4.14. The van der Waals surface area contributed by atoms with Crippen LogP contribution in [0, 0.1) is 20.8 Å². The second-order valence-electron chi connectivity index (χ2n) is 7.25. The second kappa shape index (κ2) is 9.62. The summed E-state index contributed by atoms with van der Waals surface area (Å²) in [4.78, 5) is 25.1. The maximum Gasteiger partial charge on any atom is 0.573 e. The molecule has 0 spiro atoms. The van der Waals surface area contributed by atoms with E-state index in [-0.39, 0.29) is 30.7 Å². The van der Waals surface area contributed by atoms with Crippen LogP contribution in [0.25, 0.3) is 0 Å². The highest BCUT2D eigenvalue weighted by molar-refractivity contribution is 5.94. The Kier molecular flexibility index (Phi) is 7.44. The Hall–Kier alpha value is -3.07. The molecule has 6 nitrogen and oxygen atoms in total. The van der Waals surface area contributed by atoms with Crippen molar-refractivity contribution < 1.29 is 32.4 Å². The third-order valence-electron chi connectivity index (χ3n) is 4.24. The fourth-order valence-corrected chi connectivity index (χ4v) is 3.12. The molecule has 0 fully saturated rings. The molecular weight excluding hydrogens is 399 g/mol. The maximum atomic E-state index is 12.3. The minimum absolute atomic E-state index is 0.0140. The van der Waals surface area contributed by atoms with Gasteiger partial charge in [-0.1, -0.05) is 17.7 Å². The maximum absolute atomic E-state index is 12.3. The largest absolute Gasteiger partial charge is 0.573 e. The van der Waals surface area contributed by atoms with Crippen molar-refractivity contribution in [1.82, 2.24) is 0 Å². The van der Waals surface area contributed by atoms with Crippen LogP contribution in [0.3, 0.4) is 0 Å². The van der Waals surface area contributed by atoms with Gasteiger partial charge in [0.05, 0.1) is 7.05 Å². The van der Waals surface area contributed by atoms with E-state index in [1.807, 2.05) is 32.9 Å². The lowest BCUT2D eigenvalue weighted by molar-refractivity contribution is -0.862. The third-order valence-corrected chi connectivity index (χ3v) is 4.24. The van der Waals surface area contributed by atoms with Gasteiger partial charge in [-0.2, -0.15) is 0 Å². The lowest BCUT2D eigenvalue weighted by Crippen LogP contribution is -3.11. The first-order valence-electron chi connectivity index (χ1n) is 9.27. The Morgan fingerprint density at radius 3 is 1.93 bits per heavy atom. The van der Waals surface area contributed by atoms with E-state index in [0.29, 0.717) is 10.6 Å². The number of aryl methyl sites for hydroxylation is 3. The van der Waals surface area contributed by atoms with Crippen molar-refractivity contribution >= 4 is 23.2 Å². The zero-order chi connectivity index (χ0) is 22.5. The monoisotopic (exact) mass is 424 g/mol. The average Bonchev–Trinajstić information content (AvgIpc) is 2.58. The van der Waals surface area contributed by atoms with E-state index >= 15 is 0 Å². The van der Waals surface area contributed by atoms with Gasteiger partial charge >= 0.3 is 6.36 Å². The van der Waals surface area contributed by atoms with Crippen molar-refractivity contribution in [2.24, 2.45) is 0 Å². The van der Waals surface area contributed by atoms with Gasteiger partial charge in [-0.15, -0.1) is 13.2 Å². The molecule has 0 aromatic heterocycles. The molecule has 2 aromatic carbocycles. The van der Waals surface area contributed by atoms with Crippen molar-refractivity contribution in [3.05, 3.63) is 53.1 Å². The average molecular weight is 424 g/mol. The zero-order valence-electron chi connectivity index (χ0n) is 17.2. The number of carbonyl (C=O) groups is 2. The summed E-state index contributed by atoms with van der Waals surface area (Å²) in [6.45, 7) is 5.92. The highest BCUT2D eigenvalue weighted by Gasteiger charge is 2.31. The molecule has 2 amide bonds. The van der Waals surface area contributed by atoms with Crippen LogP contribution in [-0.4, -0.2) is 38.3 Å². The molecule has 0 radical (unpaired) electrons. The number of alkyl halides is 3. The van der Waals surface area contributed by atoms with Gasteiger partial charge in [-0.05, 0) is 56.2 Å². The van der Waals surface area contributed by atoms with Gasteiger partial charge in [0.2, 0.25) is 0 Å². The van der Waals surface area contributed by atoms with Gasteiger partial charge in [0.15, 0.2) is 13.1 Å². The predicted molar refractivity (Wildman–Crippen MR) is 108 cm³/mol. The standard InChI is InChI=1S/C21H24F3N3O3/c1-13-9-14(2)20(15(3)10-13)26-19(29)12-27(4)11-18(28)25-16-5-7-17(8-6-16)30-21(22,23)24/h5-10H,11-12H2,1-4H3,(H,25,28)(H,26,29)/p+1. The lowest BCUT2D eigenvalue weighted by Gasteiger charge is -2.16. The third kappa shape index (κ3) is 7.40. The summed E-state index contributed by atoms with van der Waals surface area (Å²) < 4.78 is 40.3. The summed E-state index contributed by atoms with van der Waals surface area (Å²) in [6, 6.07) is 8.81. The van der Waals surface area contributed by atoms with Crippen LogP contribution >= 0.6 is 0 Å². The Morgan fingerprint density at radius 1 is 0.933 bits per heavy atom. The van der Waals surface area contributed by atoms with Gasteiger partial charge in [-0.3, -0.25) is 9.59 Å². The highest BCUT2D eigenvalue weighted by atomic mass is 19.4. The van der Waals surface area contributed by atoms with Gasteiger partial charge in [-0.25, -0.2) is 0 Å². The summed E-state index contributed by atoms with van der Waals surface area (Å²) in [5.74, 6) is -0.960. The summed E-state index contributed by atoms with van der Waals surface area (Å²) in [7, 11) is 1.70. The number of hydrogen-bond donors (Lipinski definition) is 3. The summed E-state index contributed by atoms with van der Waals surface area (Å²) >= 11 is 0. The van der Waals surface area contributed by atoms with E-state index in [4.69, 9.17) is 0 Å². The zero-order valence-corrected chi connectivity index (χ0v) is 17.2. The first-order chi connectivity index (χ1) is 13.9. The molecule has 2 rings (SSSR count). The number of quaternary nitrogens is 1. The number of anilines is 2. The van der Waals surface area contributed by atoms with Crippen LogP contribution in [0.5, 0.6) is 5.75 Å². The highest BCUT2D eigenvalue weighted by Crippen LogP contribution is 2.24. The topological polar surface area (TPSA) is 71.9 Å². The molecule has 1 atom stereocenters. The van der Waals surface area contributed by atoms with Gasteiger partial charge in [0.1, 0.15) is 5.75 Å². The molecule has 0 aliphatic carbocycles. The van der Waals surface area contributed by atoms with Crippen LogP contribution in [0.4, 0.5) is 24.5 Å². The molecule has 2 aromatic rings. The molecule has 9 heteroatoms. The minimum Gasteiger partial charge on any atom is -0.406 e. The molecule has 1 unspecified atom stereocenters. The smallest absolute Gasteiger partial charge is 0.406 e. The molecule has 162 valence electrons. The molecule has 0 aliphatic heterocycles. The Morgan fingerprint density at radius 2 is 1.43 bits per heavy atom. The van der Waals surface area contributed by atoms with Crippen molar-refractivity contribution in [2.75, 3.05) is 30.8 Å². The number of benzene rings is 2. The van der Waals surface area contributed by atoms with E-state index in [9.17, 15) is 22.8 Å². The number of hydrogen-bond acceptors (Lipinski definition) is 3. The van der Waals surface area contributed by atoms with Gasteiger partial charge < -0.3 is 20.3 Å². The van der Waals surface area contributed by atoms with Crippen LogP contribution < -0.4 is 20.3 Å². The predicted octanol–water partition coefficient (Wildman–Crippen LogP) is 2.60. The van der Waals surface area contributed by atoms with Crippen molar-refractivity contribution in [1.29, 1.82) is 0 Å². The van der Waals surface area contributed by atoms with Crippen molar-refractivity contribution in [2.45, 2.75) is 27.1 Å². The second-order valence-corrected chi connectivity index (χ2v) is 7.25. The van der Waals surface area contributed by atoms with Crippen LogP contribution in [0.2, 0.25) is 0 Å². The van der Waals surface area contributed by atoms with E-state index < -0.39 is 6.36 Å². The van der Waals surface area contributed by atoms with Crippen LogP contribution in [0.15, 0.2) is 36.4 Å². The fraction of sp³-hybridized carbons (Fsp3) is 0.333. The Labute approximate surface area is 173 Å². The summed E-state index contributed by atoms with van der Waals surface area (Å²) in [5, 5.41) is 5.47. The minimum atomic E-state index is -4.77. The lowest BCUT2D eigenvalue weighted by atomic mass is 10.1. The number of amides is 2. The molecule has 0 heterocycles. The van der Waals surface area contributed by atoms with Crippen molar-refractivity contribution in [3.63, 3.8) is 0 Å². The molecule has 30 heavy (non-hydrogen) atoms. The number of likely N-dealkylation sites (N-methyl/N-ethyl adjacent to an activating group) is 1. The van der Waals surface area contributed by atoms with E-state index in [1.54, 1.807) is 7.05 Å². The molecule has 0 saturated heterocycles. The molecule has 3 N–H and O–H groups in total. The van der Waals surface area contributed by atoms with E-state index in [1.165, 1.54) is 12.1 Å². The normalized spacial score (nSPS) is 12.2. The number of rotatable bonds is 7. The number of halogens is 3. The first-order valence-corrected chi connectivity index (χ1v) is 9.27. The van der Waals surface area contributed by atoms with Crippen LogP contribution in [-0.2, 0) is 9.59 Å². The first kappa shape index (κ1) is 23.2. The SMILES string of the molecule is Cc1cc(C)c(NC(=O)C[NH+](C)CC(=O)Nc2ccc(OC(F)(F)F)cc2)c(C)c1. The quantitative estimate of drug-likeness (QED) is 0.640. The molecular formula is C21H25F3N3O3+. The van der Waals surface area contributed by atoms with Crippen molar-refractivity contribution in [3.8, 4) is 5.75 Å². The number of carbonyl (C=O) groups excluding carboxylic acids is 2. The van der Waals surface area contributed by atoms with Gasteiger partial charge in [0, 0.05) is 11.4 Å². The number of ether oxygens (including phenoxy) is 1. The van der Waals surface area contributed by atoms with E-state index in [2.05, 4.69) is 15.4 Å². The van der Waals surface area contributed by atoms with Gasteiger partial charge in [0.25, 0.3) is 11.8 Å². The summed E-state index contributed by atoms with van der Waals surface area (Å²) in [6.07, 6.45) is -4.77. The molecule has 0 bridgehead atoms. The fourth-order valence-electron chi connectivity index (χ4n) is 3.12. The Bertz CT molecular complexity index is 889. The van der Waals surface area contributed by atoms with Crippen LogP contribution in [0.1, 0.15) is 16.7 Å². The number of nitrogens with one attached hydrogen (secondary N) is 3. The molecule has 0 aliphatic rings. The van der Waals surface area contributed by atoms with E-state index in [0.717, 1.165) is 34.5 Å². The molecule has 0 saturated carbocycles.